The van der Waals surface area contributed by atoms with Crippen LogP contribution in [-0.4, -0.2) is 16.2 Å². The van der Waals surface area contributed by atoms with Gasteiger partial charge in [-0.1, -0.05) is 12.1 Å². The van der Waals surface area contributed by atoms with Crippen LogP contribution in [0.15, 0.2) is 29.2 Å². The average molecular weight is 238 g/mol. The van der Waals surface area contributed by atoms with Crippen molar-refractivity contribution in [1.29, 1.82) is 0 Å². The van der Waals surface area contributed by atoms with E-state index in [1.54, 1.807) is 23.9 Å². The van der Waals surface area contributed by atoms with Crippen molar-refractivity contribution < 1.29 is 4.92 Å². The molecule has 2 rings (SSSR count). The van der Waals surface area contributed by atoms with Crippen molar-refractivity contribution in [2.45, 2.75) is 35.4 Å². The molecular formula is C11H14N2O2S. The summed E-state index contributed by atoms with van der Waals surface area (Å²) in [7, 11) is 0. The highest BCUT2D eigenvalue weighted by Gasteiger charge is 2.25. The Morgan fingerprint density at radius 3 is 2.75 bits per heavy atom. The van der Waals surface area contributed by atoms with E-state index >= 15 is 0 Å². The lowest BCUT2D eigenvalue weighted by atomic mass is 10.3. The molecule has 0 heterocycles. The molecule has 0 aliphatic heterocycles. The van der Waals surface area contributed by atoms with Crippen LogP contribution in [0.25, 0.3) is 0 Å². The molecule has 0 saturated heterocycles. The number of rotatable bonds is 3. The van der Waals surface area contributed by atoms with Gasteiger partial charge in [0.25, 0.3) is 5.69 Å². The van der Waals surface area contributed by atoms with Crippen LogP contribution < -0.4 is 5.73 Å². The van der Waals surface area contributed by atoms with Crippen molar-refractivity contribution in [2.75, 3.05) is 0 Å². The van der Waals surface area contributed by atoms with E-state index in [0.717, 1.165) is 24.2 Å². The van der Waals surface area contributed by atoms with Gasteiger partial charge < -0.3 is 5.73 Å². The Bertz CT molecular complexity index is 397. The van der Waals surface area contributed by atoms with Crippen molar-refractivity contribution in [1.82, 2.24) is 0 Å². The molecule has 1 fully saturated rings. The summed E-state index contributed by atoms with van der Waals surface area (Å²) >= 11 is 1.59. The first-order valence-corrected chi connectivity index (χ1v) is 6.20. The second-order valence-electron chi connectivity index (χ2n) is 4.04. The van der Waals surface area contributed by atoms with Gasteiger partial charge in [-0.15, -0.1) is 11.8 Å². The third-order valence-corrected chi connectivity index (χ3v) is 4.14. The van der Waals surface area contributed by atoms with Gasteiger partial charge in [-0.3, -0.25) is 10.1 Å². The van der Waals surface area contributed by atoms with E-state index in [4.69, 9.17) is 5.73 Å². The fourth-order valence-corrected chi connectivity index (χ4v) is 3.34. The van der Waals surface area contributed by atoms with Crippen LogP contribution in [0.2, 0.25) is 0 Å². The highest BCUT2D eigenvalue weighted by Crippen LogP contribution is 2.38. The maximum Gasteiger partial charge on any atom is 0.282 e. The third kappa shape index (κ3) is 2.54. The number of thioether (sulfide) groups is 1. The number of benzene rings is 1. The summed E-state index contributed by atoms with van der Waals surface area (Å²) in [4.78, 5) is 11.3. The minimum Gasteiger partial charge on any atom is -0.328 e. The third-order valence-electron chi connectivity index (χ3n) is 2.78. The zero-order valence-corrected chi connectivity index (χ0v) is 9.65. The Balaban J connectivity index is 2.12. The minimum atomic E-state index is -0.322. The molecule has 5 heteroatoms. The smallest absolute Gasteiger partial charge is 0.282 e. The molecule has 2 unspecified atom stereocenters. The van der Waals surface area contributed by atoms with E-state index in [2.05, 4.69) is 0 Å². The van der Waals surface area contributed by atoms with Crippen LogP contribution in [0.5, 0.6) is 0 Å². The van der Waals surface area contributed by atoms with Gasteiger partial charge in [-0.2, -0.15) is 0 Å². The zero-order valence-electron chi connectivity index (χ0n) is 8.83. The molecule has 1 saturated carbocycles. The van der Waals surface area contributed by atoms with Crippen LogP contribution in [0.4, 0.5) is 5.69 Å². The summed E-state index contributed by atoms with van der Waals surface area (Å²) in [6.45, 7) is 0. The standard InChI is InChI=1S/C11H14N2O2S/c12-8-5-6-9(7-8)16-11-4-2-1-3-10(11)13(14)15/h1-4,8-9H,5-7,12H2. The van der Waals surface area contributed by atoms with Gasteiger partial charge >= 0.3 is 0 Å². The lowest BCUT2D eigenvalue weighted by Gasteiger charge is -2.09. The number of hydrogen-bond acceptors (Lipinski definition) is 4. The first-order valence-electron chi connectivity index (χ1n) is 5.32. The molecule has 86 valence electrons. The molecule has 2 N–H and O–H groups in total. The second-order valence-corrected chi connectivity index (χ2v) is 5.38. The van der Waals surface area contributed by atoms with Crippen molar-refractivity contribution in [3.8, 4) is 0 Å². The Labute approximate surface area is 98.4 Å². The minimum absolute atomic E-state index is 0.202. The van der Waals surface area contributed by atoms with Gasteiger partial charge in [0.1, 0.15) is 0 Å². The number of nitrogens with zero attached hydrogens (tertiary/aromatic N) is 1. The molecule has 1 aromatic rings. The molecular weight excluding hydrogens is 224 g/mol. The van der Waals surface area contributed by atoms with E-state index < -0.39 is 0 Å². The average Bonchev–Trinajstić information content (AvgIpc) is 2.64. The van der Waals surface area contributed by atoms with E-state index in [0.29, 0.717) is 5.25 Å². The molecule has 0 spiro atoms. The highest BCUT2D eigenvalue weighted by molar-refractivity contribution is 8.00. The maximum absolute atomic E-state index is 10.8. The summed E-state index contributed by atoms with van der Waals surface area (Å²) in [5.41, 5.74) is 6.03. The number of nitrogens with two attached hydrogens (primary N) is 1. The van der Waals surface area contributed by atoms with Gasteiger partial charge in [0.2, 0.25) is 0 Å². The topological polar surface area (TPSA) is 69.2 Å². The molecule has 1 aliphatic carbocycles. The van der Waals surface area contributed by atoms with E-state index in [-0.39, 0.29) is 16.7 Å². The number of hydrogen-bond donors (Lipinski definition) is 1. The summed E-state index contributed by atoms with van der Waals surface area (Å²) in [5.74, 6) is 0. The van der Waals surface area contributed by atoms with Crippen LogP contribution in [0.1, 0.15) is 19.3 Å². The molecule has 16 heavy (non-hydrogen) atoms. The largest absolute Gasteiger partial charge is 0.328 e. The zero-order chi connectivity index (χ0) is 11.5. The molecule has 0 aromatic heterocycles. The van der Waals surface area contributed by atoms with Gasteiger partial charge in [-0.05, 0) is 25.3 Å². The number of para-hydroxylation sites is 1. The quantitative estimate of drug-likeness (QED) is 0.649. The highest BCUT2D eigenvalue weighted by atomic mass is 32.2. The predicted octanol–water partition coefficient (Wildman–Crippen LogP) is 2.57. The molecule has 1 aromatic carbocycles. The van der Waals surface area contributed by atoms with Crippen LogP contribution in [-0.2, 0) is 0 Å². The van der Waals surface area contributed by atoms with Gasteiger partial charge in [-0.25, -0.2) is 0 Å². The molecule has 2 atom stereocenters. The summed E-state index contributed by atoms with van der Waals surface area (Å²) in [5, 5.41) is 11.3. The Morgan fingerprint density at radius 2 is 2.12 bits per heavy atom. The monoisotopic (exact) mass is 238 g/mol. The lowest BCUT2D eigenvalue weighted by Crippen LogP contribution is -2.15. The van der Waals surface area contributed by atoms with E-state index in [1.165, 1.54) is 0 Å². The van der Waals surface area contributed by atoms with Crippen molar-refractivity contribution in [3.05, 3.63) is 34.4 Å². The second kappa shape index (κ2) is 4.84. The van der Waals surface area contributed by atoms with Crippen molar-refractivity contribution >= 4 is 17.4 Å². The number of nitro groups is 1. The summed E-state index contributed by atoms with van der Waals surface area (Å²) in [6.07, 6.45) is 3.03. The molecule has 1 aliphatic rings. The Hall–Kier alpha value is -1.07. The Morgan fingerprint density at radius 1 is 1.38 bits per heavy atom. The van der Waals surface area contributed by atoms with E-state index in [9.17, 15) is 10.1 Å². The lowest BCUT2D eigenvalue weighted by molar-refractivity contribution is -0.387. The van der Waals surface area contributed by atoms with Crippen molar-refractivity contribution in [2.24, 2.45) is 5.73 Å². The molecule has 0 radical (unpaired) electrons. The summed E-state index contributed by atoms with van der Waals surface area (Å²) in [6, 6.07) is 7.16. The first-order chi connectivity index (χ1) is 7.66. The van der Waals surface area contributed by atoms with Gasteiger partial charge in [0.15, 0.2) is 0 Å². The van der Waals surface area contributed by atoms with Crippen LogP contribution in [0, 0.1) is 10.1 Å². The van der Waals surface area contributed by atoms with Crippen molar-refractivity contribution in [3.63, 3.8) is 0 Å². The fourth-order valence-electron chi connectivity index (χ4n) is 1.97. The van der Waals surface area contributed by atoms with E-state index in [1.807, 2.05) is 12.1 Å². The summed E-state index contributed by atoms with van der Waals surface area (Å²) < 4.78 is 0. The fraction of sp³-hybridized carbons (Fsp3) is 0.455. The SMILES string of the molecule is NC1CCC(Sc2ccccc2[N+](=O)[O-])C1. The Kier molecular flexibility index (Phi) is 3.46. The molecule has 0 amide bonds. The van der Waals surface area contributed by atoms with Gasteiger partial charge in [0.05, 0.1) is 9.82 Å². The normalized spacial score (nSPS) is 24.6. The first kappa shape index (κ1) is 11.4. The van der Waals surface area contributed by atoms with Gasteiger partial charge in [0, 0.05) is 17.4 Å². The predicted molar refractivity (Wildman–Crippen MR) is 64.6 cm³/mol. The van der Waals surface area contributed by atoms with Crippen LogP contribution >= 0.6 is 11.8 Å². The maximum atomic E-state index is 10.8. The molecule has 0 bridgehead atoms. The molecule has 4 nitrogen and oxygen atoms in total. The van der Waals surface area contributed by atoms with Crippen LogP contribution in [0.3, 0.4) is 0 Å². The number of nitro benzene ring substituents is 1.